The molecule has 2 atom stereocenters. The number of hydrogen-bond donors (Lipinski definition) is 1. The number of anilines is 1. The van der Waals surface area contributed by atoms with Crippen molar-refractivity contribution in [1.29, 1.82) is 0 Å². The molecule has 7 nitrogen and oxygen atoms in total. The van der Waals surface area contributed by atoms with Crippen LogP contribution in [-0.2, 0) is 16.4 Å². The lowest BCUT2D eigenvalue weighted by atomic mass is 9.81. The molecular weight excluding hydrogens is 508 g/mol. The minimum absolute atomic E-state index is 0.0156. The summed E-state index contributed by atoms with van der Waals surface area (Å²) in [5.74, 6) is 1.09. The van der Waals surface area contributed by atoms with E-state index in [-0.39, 0.29) is 10.8 Å². The Hall–Kier alpha value is -2.97. The van der Waals surface area contributed by atoms with Crippen LogP contribution >= 0.6 is 0 Å². The second kappa shape index (κ2) is 10.9. The van der Waals surface area contributed by atoms with E-state index in [9.17, 15) is 8.42 Å². The van der Waals surface area contributed by atoms with E-state index in [4.69, 9.17) is 4.74 Å². The van der Waals surface area contributed by atoms with Crippen LogP contribution in [0.2, 0.25) is 0 Å². The molecule has 0 spiro atoms. The van der Waals surface area contributed by atoms with E-state index in [1.807, 2.05) is 50.2 Å². The van der Waals surface area contributed by atoms with Crippen molar-refractivity contribution in [2.24, 2.45) is 17.3 Å². The van der Waals surface area contributed by atoms with Crippen molar-refractivity contribution in [3.05, 3.63) is 65.2 Å². The zero-order chi connectivity index (χ0) is 27.8. The van der Waals surface area contributed by atoms with E-state index in [0.717, 1.165) is 61.2 Å². The van der Waals surface area contributed by atoms with Crippen molar-refractivity contribution in [2.45, 2.75) is 58.8 Å². The van der Waals surface area contributed by atoms with Gasteiger partial charge in [0.2, 0.25) is 11.8 Å². The van der Waals surface area contributed by atoms with E-state index in [1.165, 1.54) is 0 Å². The number of sulfonamides is 1. The highest BCUT2D eigenvalue weighted by Gasteiger charge is 2.31. The standard InChI is InChI=1S/C31H40N4O3S/c1-21-8-6-9-22(2)29(21)27-18-28-33-30(32-27)34-39(36,37)26-11-7-10-23(17-26)16-24-12-14-35(15-13-31(3,4)5)19-25(24)20-38-28/h6-11,17-18,24-25H,12-16,19-20H2,1-5H3,(H,32,33,34). The Morgan fingerprint density at radius 2 is 1.77 bits per heavy atom. The average Bonchev–Trinajstić information content (AvgIpc) is 2.86. The first kappa shape index (κ1) is 27.6. The van der Waals surface area contributed by atoms with Gasteiger partial charge in [0, 0.05) is 24.1 Å². The third-order valence-corrected chi connectivity index (χ3v) is 9.30. The Balaban J connectivity index is 1.54. The lowest BCUT2D eigenvalue weighted by Crippen LogP contribution is -2.44. The largest absolute Gasteiger partial charge is 0.477 e. The van der Waals surface area contributed by atoms with Crippen LogP contribution in [0.1, 0.15) is 50.3 Å². The molecule has 2 aromatic carbocycles. The summed E-state index contributed by atoms with van der Waals surface area (Å²) < 4.78 is 35.8. The van der Waals surface area contributed by atoms with Gasteiger partial charge in [0.25, 0.3) is 10.0 Å². The fraction of sp³-hybridized carbons (Fsp3) is 0.484. The molecule has 2 aliphatic heterocycles. The van der Waals surface area contributed by atoms with Crippen LogP contribution in [0, 0.1) is 31.1 Å². The van der Waals surface area contributed by atoms with Gasteiger partial charge >= 0.3 is 0 Å². The van der Waals surface area contributed by atoms with Crippen LogP contribution in [0.3, 0.4) is 0 Å². The van der Waals surface area contributed by atoms with Gasteiger partial charge in [0.1, 0.15) is 0 Å². The van der Waals surface area contributed by atoms with E-state index in [1.54, 1.807) is 12.1 Å². The maximum atomic E-state index is 13.4. The second-order valence-corrected chi connectivity index (χ2v) is 14.1. The molecule has 3 heterocycles. The lowest BCUT2D eigenvalue weighted by Gasteiger charge is -2.39. The number of nitrogens with zero attached hydrogens (tertiary/aromatic N) is 3. The summed E-state index contributed by atoms with van der Waals surface area (Å²) >= 11 is 0. The Kier molecular flexibility index (Phi) is 7.71. The minimum atomic E-state index is -3.88. The fourth-order valence-electron chi connectivity index (χ4n) is 5.72. The van der Waals surface area contributed by atoms with Crippen molar-refractivity contribution >= 4 is 16.0 Å². The molecule has 2 unspecified atom stereocenters. The van der Waals surface area contributed by atoms with Crippen LogP contribution in [0.25, 0.3) is 11.3 Å². The first-order valence-electron chi connectivity index (χ1n) is 13.9. The number of rotatable bonds is 3. The van der Waals surface area contributed by atoms with Gasteiger partial charge in [-0.2, -0.15) is 4.98 Å². The molecule has 208 valence electrons. The highest BCUT2D eigenvalue weighted by molar-refractivity contribution is 7.92. The minimum Gasteiger partial charge on any atom is -0.477 e. The number of benzene rings is 2. The van der Waals surface area contributed by atoms with Crippen molar-refractivity contribution < 1.29 is 13.2 Å². The summed E-state index contributed by atoms with van der Waals surface area (Å²) in [6.07, 6.45) is 3.02. The summed E-state index contributed by atoms with van der Waals surface area (Å²) in [5, 5.41) is 0. The smallest absolute Gasteiger partial charge is 0.264 e. The molecule has 0 saturated carbocycles. The van der Waals surface area contributed by atoms with Gasteiger partial charge in [-0.1, -0.05) is 51.1 Å². The zero-order valence-corrected chi connectivity index (χ0v) is 24.5. The van der Waals surface area contributed by atoms with Gasteiger partial charge in [-0.25, -0.2) is 18.1 Å². The third-order valence-electron chi connectivity index (χ3n) is 7.97. The molecule has 1 saturated heterocycles. The Bertz CT molecular complexity index is 1430. The van der Waals surface area contributed by atoms with E-state index < -0.39 is 10.0 Å². The van der Waals surface area contributed by atoms with Gasteiger partial charge in [-0.15, -0.1) is 0 Å². The molecule has 4 bridgehead atoms. The molecule has 39 heavy (non-hydrogen) atoms. The molecule has 0 aliphatic carbocycles. The quantitative estimate of drug-likeness (QED) is 0.441. The summed E-state index contributed by atoms with van der Waals surface area (Å²) in [6, 6.07) is 15.2. The van der Waals surface area contributed by atoms with Gasteiger partial charge in [-0.05, 0) is 86.4 Å². The van der Waals surface area contributed by atoms with Crippen molar-refractivity contribution in [1.82, 2.24) is 14.9 Å². The molecule has 3 aromatic rings. The Morgan fingerprint density at radius 1 is 1.03 bits per heavy atom. The Labute approximate surface area is 233 Å². The van der Waals surface area contributed by atoms with Gasteiger partial charge < -0.3 is 9.64 Å². The van der Waals surface area contributed by atoms with Crippen molar-refractivity contribution in [3.63, 3.8) is 0 Å². The van der Waals surface area contributed by atoms with Crippen molar-refractivity contribution in [3.8, 4) is 17.1 Å². The fourth-order valence-corrected chi connectivity index (χ4v) is 6.73. The monoisotopic (exact) mass is 548 g/mol. The molecule has 5 rings (SSSR count). The van der Waals surface area contributed by atoms with Gasteiger partial charge in [0.15, 0.2) is 0 Å². The molecule has 2 aliphatic rings. The van der Waals surface area contributed by atoms with E-state index in [2.05, 4.69) is 40.4 Å². The lowest BCUT2D eigenvalue weighted by molar-refractivity contribution is 0.0724. The van der Waals surface area contributed by atoms with Crippen LogP contribution in [0.5, 0.6) is 5.88 Å². The maximum absolute atomic E-state index is 13.4. The number of aryl methyl sites for hydroxylation is 2. The summed E-state index contributed by atoms with van der Waals surface area (Å²) in [5.41, 5.74) is 5.03. The average molecular weight is 549 g/mol. The van der Waals surface area contributed by atoms with Crippen molar-refractivity contribution in [2.75, 3.05) is 31.0 Å². The van der Waals surface area contributed by atoms with Crippen LogP contribution in [-0.4, -0.2) is 49.5 Å². The number of hydrogen-bond acceptors (Lipinski definition) is 6. The van der Waals surface area contributed by atoms with Gasteiger partial charge in [0.05, 0.1) is 17.2 Å². The molecule has 8 heteroatoms. The number of ether oxygens (including phenoxy) is 1. The molecular formula is C31H40N4O3S. The molecule has 0 radical (unpaired) electrons. The summed E-state index contributed by atoms with van der Waals surface area (Å²) in [7, 11) is -3.88. The number of likely N-dealkylation sites (tertiary alicyclic amines) is 1. The number of piperidine rings is 1. The highest BCUT2D eigenvalue weighted by Crippen LogP contribution is 2.33. The van der Waals surface area contributed by atoms with Crippen LogP contribution in [0.15, 0.2) is 53.4 Å². The number of aromatic nitrogens is 2. The van der Waals surface area contributed by atoms with Crippen LogP contribution < -0.4 is 9.46 Å². The maximum Gasteiger partial charge on any atom is 0.264 e. The van der Waals surface area contributed by atoms with Gasteiger partial charge in [-0.3, -0.25) is 0 Å². The highest BCUT2D eigenvalue weighted by atomic mass is 32.2. The molecule has 1 N–H and O–H groups in total. The number of fused-ring (bicyclic) bond motifs is 5. The first-order valence-corrected chi connectivity index (χ1v) is 15.4. The third kappa shape index (κ3) is 6.61. The first-order chi connectivity index (χ1) is 18.5. The Morgan fingerprint density at radius 3 is 2.51 bits per heavy atom. The summed E-state index contributed by atoms with van der Waals surface area (Å²) in [4.78, 5) is 11.9. The predicted molar refractivity (Wildman–Crippen MR) is 156 cm³/mol. The topological polar surface area (TPSA) is 84.4 Å². The normalized spacial score (nSPS) is 21.4. The zero-order valence-electron chi connectivity index (χ0n) is 23.7. The van der Waals surface area contributed by atoms with E-state index >= 15 is 0 Å². The van der Waals surface area contributed by atoms with E-state index in [0.29, 0.717) is 35.4 Å². The SMILES string of the molecule is Cc1cccc(C)c1-c1cc2nc(n1)NS(=O)(=O)c1cccc(c1)CC1CCN(CCC(C)(C)C)CC1CO2. The summed E-state index contributed by atoms with van der Waals surface area (Å²) in [6.45, 7) is 14.5. The predicted octanol–water partition coefficient (Wildman–Crippen LogP) is 5.87. The second-order valence-electron chi connectivity index (χ2n) is 12.4. The molecule has 0 amide bonds. The van der Waals surface area contributed by atoms with Crippen LogP contribution in [0.4, 0.5) is 5.95 Å². The molecule has 1 fully saturated rings. The molecule has 1 aromatic heterocycles. The number of nitrogens with one attached hydrogen (secondary N) is 1.